The summed E-state index contributed by atoms with van der Waals surface area (Å²) in [5.41, 5.74) is 0. The molecule has 2 saturated heterocycles. The van der Waals surface area contributed by atoms with Crippen molar-refractivity contribution in [2.24, 2.45) is 17.8 Å². The molecule has 2 aliphatic heterocycles. The smallest absolute Gasteiger partial charge is 0.161 e. The van der Waals surface area contributed by atoms with Gasteiger partial charge in [-0.15, -0.1) is 0 Å². The zero-order chi connectivity index (χ0) is 17.3. The molecule has 0 radical (unpaired) electrons. The molecule has 2 aliphatic rings. The molecular weight excluding hydrogens is 294 g/mol. The van der Waals surface area contributed by atoms with Crippen molar-refractivity contribution in [2.75, 3.05) is 7.05 Å². The van der Waals surface area contributed by atoms with Gasteiger partial charge in [0.2, 0.25) is 0 Å². The van der Waals surface area contributed by atoms with Crippen LogP contribution in [0.1, 0.15) is 48.0 Å². The molecule has 23 heavy (non-hydrogen) atoms. The first-order valence-electron chi connectivity index (χ1n) is 9.13. The average molecular weight is 329 g/mol. The highest BCUT2D eigenvalue weighted by Gasteiger charge is 2.45. The fourth-order valence-electron chi connectivity index (χ4n) is 4.16. The summed E-state index contributed by atoms with van der Waals surface area (Å²) >= 11 is 0. The lowest BCUT2D eigenvalue weighted by Gasteiger charge is -2.48. The van der Waals surface area contributed by atoms with Crippen molar-refractivity contribution < 1.29 is 19.3 Å². The lowest BCUT2D eigenvalue weighted by Crippen LogP contribution is -2.59. The van der Waals surface area contributed by atoms with Crippen molar-refractivity contribution in [3.63, 3.8) is 0 Å². The van der Waals surface area contributed by atoms with Crippen molar-refractivity contribution >= 4 is 0 Å². The molecule has 2 heterocycles. The molecule has 0 amide bonds. The van der Waals surface area contributed by atoms with E-state index in [2.05, 4.69) is 39.9 Å². The predicted molar refractivity (Wildman–Crippen MR) is 90.2 cm³/mol. The van der Waals surface area contributed by atoms with Gasteiger partial charge >= 0.3 is 0 Å². The van der Waals surface area contributed by atoms with E-state index in [9.17, 15) is 5.11 Å². The van der Waals surface area contributed by atoms with Crippen molar-refractivity contribution in [1.82, 2.24) is 5.32 Å². The van der Waals surface area contributed by atoms with E-state index in [0.717, 1.165) is 6.42 Å². The zero-order valence-corrected chi connectivity index (χ0v) is 15.7. The molecule has 0 saturated carbocycles. The van der Waals surface area contributed by atoms with Gasteiger partial charge in [0.15, 0.2) is 6.29 Å². The van der Waals surface area contributed by atoms with Gasteiger partial charge in [0, 0.05) is 17.9 Å². The number of aliphatic hydroxyl groups excluding tert-OH is 1. The van der Waals surface area contributed by atoms with E-state index in [1.54, 1.807) is 0 Å². The summed E-state index contributed by atoms with van der Waals surface area (Å²) in [6, 6.07) is 0.266. The number of nitrogens with one attached hydrogen (secondary N) is 1. The topological polar surface area (TPSA) is 60.0 Å². The molecule has 10 atom stereocenters. The number of likely N-dealkylation sites (N-methyl/N-ethyl adjacent to an activating group) is 1. The quantitative estimate of drug-likeness (QED) is 0.828. The van der Waals surface area contributed by atoms with Gasteiger partial charge in [0.25, 0.3) is 0 Å². The van der Waals surface area contributed by atoms with Crippen LogP contribution in [-0.2, 0) is 14.2 Å². The molecule has 0 aliphatic carbocycles. The van der Waals surface area contributed by atoms with E-state index < -0.39 is 6.10 Å². The second kappa shape index (κ2) is 7.79. The van der Waals surface area contributed by atoms with Crippen LogP contribution in [0.25, 0.3) is 0 Å². The van der Waals surface area contributed by atoms with Crippen LogP contribution in [0.2, 0.25) is 0 Å². The number of hydrogen-bond acceptors (Lipinski definition) is 5. The third kappa shape index (κ3) is 3.74. The summed E-state index contributed by atoms with van der Waals surface area (Å²) in [7, 11) is 1.98. The first-order chi connectivity index (χ1) is 10.8. The summed E-state index contributed by atoms with van der Waals surface area (Å²) in [5, 5.41) is 13.6. The van der Waals surface area contributed by atoms with Crippen LogP contribution in [0, 0.1) is 17.8 Å². The van der Waals surface area contributed by atoms with Gasteiger partial charge in [-0.1, -0.05) is 27.7 Å². The maximum Gasteiger partial charge on any atom is 0.161 e. The number of aliphatic hydroxyl groups is 1. The monoisotopic (exact) mass is 329 g/mol. The molecular formula is C18H35NO4. The van der Waals surface area contributed by atoms with E-state index in [1.165, 1.54) is 0 Å². The fraction of sp³-hybridized carbons (Fsp3) is 1.00. The first kappa shape index (κ1) is 19.1. The maximum absolute atomic E-state index is 10.2. The van der Waals surface area contributed by atoms with Crippen LogP contribution in [0.15, 0.2) is 0 Å². The van der Waals surface area contributed by atoms with Crippen LogP contribution < -0.4 is 5.32 Å². The lowest BCUT2D eigenvalue weighted by molar-refractivity contribution is -0.301. The van der Waals surface area contributed by atoms with Gasteiger partial charge in [0.05, 0.1) is 30.5 Å². The summed E-state index contributed by atoms with van der Waals surface area (Å²) in [4.78, 5) is 0. The van der Waals surface area contributed by atoms with Crippen LogP contribution in [0.3, 0.4) is 0 Å². The second-order valence-electron chi connectivity index (χ2n) is 7.48. The Hall–Kier alpha value is -0.200. The van der Waals surface area contributed by atoms with Gasteiger partial charge in [-0.2, -0.15) is 0 Å². The van der Waals surface area contributed by atoms with E-state index in [-0.39, 0.29) is 48.6 Å². The molecule has 0 bridgehead atoms. The number of rotatable bonds is 4. The molecule has 2 rings (SSSR count). The summed E-state index contributed by atoms with van der Waals surface area (Å²) in [6.45, 7) is 12.6. The second-order valence-corrected chi connectivity index (χ2v) is 7.48. The summed E-state index contributed by atoms with van der Waals surface area (Å²) < 4.78 is 18.6. The molecule has 4 unspecified atom stereocenters. The fourth-order valence-corrected chi connectivity index (χ4v) is 4.16. The SMILES string of the molecule is CCC1O[C@H](C)C(NC)[C@@H](C)[C@@H]1O[C@@H]1OC(C)[C@@H](O)[C@@H](C)C1C. The van der Waals surface area contributed by atoms with E-state index in [1.807, 2.05) is 14.0 Å². The van der Waals surface area contributed by atoms with Gasteiger partial charge in [-0.25, -0.2) is 0 Å². The highest BCUT2D eigenvalue weighted by molar-refractivity contribution is 4.93. The van der Waals surface area contributed by atoms with Gasteiger partial charge in [-0.05, 0) is 33.2 Å². The van der Waals surface area contributed by atoms with E-state index in [0.29, 0.717) is 5.92 Å². The highest BCUT2D eigenvalue weighted by Crippen LogP contribution is 2.36. The standard InChI is InChI=1S/C18H35NO4/c1-8-14-17(11(4)15(19-7)12(5)21-14)23-18-10(3)9(2)16(20)13(6)22-18/h9-20H,8H2,1-7H3/t9-,10?,11+,12+,13?,14?,15?,16-,17-,18-/m0/s1. The van der Waals surface area contributed by atoms with Crippen molar-refractivity contribution in [3.05, 3.63) is 0 Å². The van der Waals surface area contributed by atoms with Gasteiger partial charge in [-0.3, -0.25) is 0 Å². The Morgan fingerprint density at radius 1 is 0.957 bits per heavy atom. The molecule has 2 fully saturated rings. The van der Waals surface area contributed by atoms with E-state index >= 15 is 0 Å². The molecule has 5 nitrogen and oxygen atoms in total. The third-order valence-corrected chi connectivity index (χ3v) is 6.00. The molecule has 0 aromatic carbocycles. The average Bonchev–Trinajstić information content (AvgIpc) is 2.52. The van der Waals surface area contributed by atoms with Gasteiger partial charge in [0.1, 0.15) is 0 Å². The maximum atomic E-state index is 10.2. The zero-order valence-electron chi connectivity index (χ0n) is 15.7. The van der Waals surface area contributed by atoms with Crippen LogP contribution in [-0.4, -0.2) is 55.0 Å². The Bertz CT molecular complexity index is 380. The Balaban J connectivity index is 2.12. The number of ether oxygens (including phenoxy) is 3. The summed E-state index contributed by atoms with van der Waals surface area (Å²) in [6.07, 6.45) is 0.240. The minimum absolute atomic E-state index is 0.00394. The summed E-state index contributed by atoms with van der Waals surface area (Å²) in [5.74, 6) is 0.642. The molecule has 2 N–H and O–H groups in total. The van der Waals surface area contributed by atoms with Crippen LogP contribution in [0.5, 0.6) is 0 Å². The molecule has 0 spiro atoms. The Kier molecular flexibility index (Phi) is 6.48. The van der Waals surface area contributed by atoms with Crippen molar-refractivity contribution in [1.29, 1.82) is 0 Å². The van der Waals surface area contributed by atoms with Gasteiger partial charge < -0.3 is 24.6 Å². The highest BCUT2D eigenvalue weighted by atomic mass is 16.7. The number of hydrogen-bond donors (Lipinski definition) is 2. The lowest BCUT2D eigenvalue weighted by atomic mass is 9.83. The molecule has 0 aromatic rings. The molecule has 0 aromatic heterocycles. The Labute approximate surface area is 141 Å². The van der Waals surface area contributed by atoms with Crippen LogP contribution in [0.4, 0.5) is 0 Å². The first-order valence-corrected chi connectivity index (χ1v) is 9.13. The molecule has 136 valence electrons. The predicted octanol–water partition coefficient (Wildman–Crippen LogP) is 2.17. The Morgan fingerprint density at radius 3 is 2.17 bits per heavy atom. The normalized spacial score (nSPS) is 51.7. The Morgan fingerprint density at radius 2 is 1.61 bits per heavy atom. The largest absolute Gasteiger partial charge is 0.390 e. The van der Waals surface area contributed by atoms with Crippen LogP contribution >= 0.6 is 0 Å². The minimum atomic E-state index is -0.433. The van der Waals surface area contributed by atoms with Crippen molar-refractivity contribution in [3.8, 4) is 0 Å². The van der Waals surface area contributed by atoms with E-state index in [4.69, 9.17) is 14.2 Å². The third-order valence-electron chi connectivity index (χ3n) is 6.00. The molecule has 5 heteroatoms. The van der Waals surface area contributed by atoms with Crippen molar-refractivity contribution in [2.45, 2.75) is 90.8 Å². The minimum Gasteiger partial charge on any atom is -0.390 e.